The summed E-state index contributed by atoms with van der Waals surface area (Å²) in [5.41, 5.74) is 10.4. The van der Waals surface area contributed by atoms with Gasteiger partial charge in [0.1, 0.15) is 40.5 Å². The SMILES string of the molecule is CCCCCc1ccc(-c2cc3ccc(OC4CCC(OC(=O)C(C)(C)C(N)CC(C)(C)N)C4(C)C(F)(F)F)cc3o2)c(OC)c1. The molecule has 10 heteroatoms. The highest BCUT2D eigenvalue weighted by atomic mass is 19.4. The number of esters is 1. The quantitative estimate of drug-likeness (QED) is 0.142. The predicted octanol–water partition coefficient (Wildman–Crippen LogP) is 8.34. The fourth-order valence-electron chi connectivity index (χ4n) is 6.15. The maximum absolute atomic E-state index is 14.8. The van der Waals surface area contributed by atoms with E-state index in [-0.39, 0.29) is 25.0 Å². The molecule has 1 fully saturated rings. The first kappa shape index (κ1) is 35.6. The Morgan fingerprint density at radius 2 is 1.74 bits per heavy atom. The number of nitrogens with two attached hydrogens (primary N) is 2. The van der Waals surface area contributed by atoms with Crippen molar-refractivity contribution in [2.75, 3.05) is 7.11 Å². The molecule has 1 aliphatic rings. The van der Waals surface area contributed by atoms with Crippen molar-refractivity contribution in [1.82, 2.24) is 0 Å². The average Bonchev–Trinajstić information content (AvgIpc) is 3.53. The monoisotopic (exact) mass is 646 g/mol. The largest absolute Gasteiger partial charge is 0.496 e. The summed E-state index contributed by atoms with van der Waals surface area (Å²) in [6.07, 6.45) is -2.77. The number of furan rings is 1. The van der Waals surface area contributed by atoms with Crippen molar-refractivity contribution in [1.29, 1.82) is 0 Å². The maximum Gasteiger partial charge on any atom is 0.401 e. The number of hydrogen-bond donors (Lipinski definition) is 2. The number of benzene rings is 2. The van der Waals surface area contributed by atoms with E-state index in [9.17, 15) is 18.0 Å². The van der Waals surface area contributed by atoms with Gasteiger partial charge in [0.25, 0.3) is 0 Å². The molecule has 1 heterocycles. The average molecular weight is 647 g/mol. The summed E-state index contributed by atoms with van der Waals surface area (Å²) < 4.78 is 67.7. The lowest BCUT2D eigenvalue weighted by atomic mass is 9.78. The Balaban J connectivity index is 1.54. The first-order chi connectivity index (χ1) is 21.4. The Bertz CT molecular complexity index is 1510. The molecule has 0 radical (unpaired) electrons. The van der Waals surface area contributed by atoms with Crippen LogP contribution in [0.1, 0.15) is 85.6 Å². The van der Waals surface area contributed by atoms with Crippen LogP contribution in [0.5, 0.6) is 11.5 Å². The van der Waals surface area contributed by atoms with Gasteiger partial charge in [-0.15, -0.1) is 0 Å². The lowest BCUT2D eigenvalue weighted by Gasteiger charge is -2.40. The maximum atomic E-state index is 14.8. The van der Waals surface area contributed by atoms with Crippen LogP contribution < -0.4 is 20.9 Å². The number of ether oxygens (including phenoxy) is 3. The number of methoxy groups -OCH3 is 1. The van der Waals surface area contributed by atoms with Crippen molar-refractivity contribution in [3.63, 3.8) is 0 Å². The molecule has 1 saturated carbocycles. The second kappa shape index (κ2) is 13.5. The van der Waals surface area contributed by atoms with Crippen LogP contribution in [0.25, 0.3) is 22.3 Å². The van der Waals surface area contributed by atoms with Crippen LogP contribution in [0.4, 0.5) is 13.2 Å². The van der Waals surface area contributed by atoms with Gasteiger partial charge < -0.3 is 30.1 Å². The van der Waals surface area contributed by atoms with Crippen LogP contribution in [0.3, 0.4) is 0 Å². The third-order valence-electron chi connectivity index (χ3n) is 9.46. The summed E-state index contributed by atoms with van der Waals surface area (Å²) in [4.78, 5) is 13.2. The van der Waals surface area contributed by atoms with E-state index < -0.39 is 46.8 Å². The number of unbranched alkanes of at least 4 members (excludes halogenated alkanes) is 2. The van der Waals surface area contributed by atoms with Crippen molar-refractivity contribution in [2.45, 2.75) is 116 Å². The van der Waals surface area contributed by atoms with Crippen molar-refractivity contribution in [2.24, 2.45) is 22.3 Å². The van der Waals surface area contributed by atoms with Crippen LogP contribution in [-0.4, -0.2) is 43.0 Å². The van der Waals surface area contributed by atoms with Gasteiger partial charge in [0.15, 0.2) is 0 Å². The van der Waals surface area contributed by atoms with Crippen LogP contribution in [0.15, 0.2) is 46.9 Å². The molecule has 3 aromatic rings. The third kappa shape index (κ3) is 7.49. The van der Waals surface area contributed by atoms with Gasteiger partial charge in [0.05, 0.1) is 18.1 Å². The molecule has 4 unspecified atom stereocenters. The zero-order valence-electron chi connectivity index (χ0n) is 28.1. The standard InChI is InChI=1S/C36H49F3N2O5/c1-8-9-10-11-22-12-15-25(27(18-22)43-7)28-19-23-13-14-24(20-26(23)45-28)44-30-16-17-31(35(30,6)36(37,38)39)46-32(42)34(4,5)29(40)21-33(2,3)41/h12-15,18-20,29-31H,8-11,16-17,21,40-41H2,1-7H3. The number of alkyl halides is 3. The second-order valence-corrected chi connectivity index (χ2v) is 14.2. The smallest absolute Gasteiger partial charge is 0.401 e. The topological polar surface area (TPSA) is 110 Å². The molecule has 4 atom stereocenters. The van der Waals surface area contributed by atoms with E-state index >= 15 is 0 Å². The molecule has 0 bridgehead atoms. The van der Waals surface area contributed by atoms with E-state index in [0.717, 1.165) is 43.6 Å². The van der Waals surface area contributed by atoms with Gasteiger partial charge in [-0.2, -0.15) is 13.2 Å². The first-order valence-electron chi connectivity index (χ1n) is 16.1. The number of carbonyl (C=O) groups excluding carboxylic acids is 1. The molecule has 2 aromatic carbocycles. The summed E-state index contributed by atoms with van der Waals surface area (Å²) in [5.74, 6) is 0.703. The molecular weight excluding hydrogens is 597 g/mol. The fraction of sp³-hybridized carbons (Fsp3) is 0.583. The molecule has 0 amide bonds. The van der Waals surface area contributed by atoms with E-state index in [2.05, 4.69) is 13.0 Å². The lowest BCUT2D eigenvalue weighted by Crippen LogP contribution is -2.54. The van der Waals surface area contributed by atoms with Crippen LogP contribution >= 0.6 is 0 Å². The van der Waals surface area contributed by atoms with Crippen LogP contribution in [0.2, 0.25) is 0 Å². The third-order valence-corrected chi connectivity index (χ3v) is 9.46. The van der Waals surface area contributed by atoms with Crippen molar-refractivity contribution in [3.05, 3.63) is 48.0 Å². The van der Waals surface area contributed by atoms with Gasteiger partial charge in [-0.25, -0.2) is 0 Å². The Kier molecular flexibility index (Phi) is 10.4. The van der Waals surface area contributed by atoms with Crippen molar-refractivity contribution < 1.29 is 36.6 Å². The summed E-state index contributed by atoms with van der Waals surface area (Å²) >= 11 is 0. The number of carbonyl (C=O) groups is 1. The summed E-state index contributed by atoms with van der Waals surface area (Å²) in [6.45, 7) is 9.92. The Labute approximate surface area is 270 Å². The molecule has 7 nitrogen and oxygen atoms in total. The summed E-state index contributed by atoms with van der Waals surface area (Å²) in [7, 11) is 1.61. The normalized spacial score (nSPS) is 21.4. The number of halogens is 3. The molecule has 0 aliphatic heterocycles. The zero-order valence-corrected chi connectivity index (χ0v) is 28.1. The number of rotatable bonds is 13. The number of aryl methyl sites for hydroxylation is 1. The second-order valence-electron chi connectivity index (χ2n) is 14.2. The number of fused-ring (bicyclic) bond motifs is 1. The highest BCUT2D eigenvalue weighted by molar-refractivity contribution is 5.85. The molecule has 4 rings (SSSR count). The summed E-state index contributed by atoms with van der Waals surface area (Å²) in [6, 6.07) is 12.2. The van der Waals surface area contributed by atoms with Gasteiger partial charge in [-0.1, -0.05) is 25.8 Å². The number of hydrogen-bond acceptors (Lipinski definition) is 7. The molecule has 254 valence electrons. The fourth-order valence-corrected chi connectivity index (χ4v) is 6.15. The molecule has 4 N–H and O–H groups in total. The van der Waals surface area contributed by atoms with Crippen molar-refractivity contribution in [3.8, 4) is 22.8 Å². The minimum Gasteiger partial charge on any atom is -0.496 e. The predicted molar refractivity (Wildman–Crippen MR) is 174 cm³/mol. The van der Waals surface area contributed by atoms with E-state index in [0.29, 0.717) is 17.1 Å². The van der Waals surface area contributed by atoms with Gasteiger partial charge in [0.2, 0.25) is 0 Å². The Hall–Kier alpha value is -3.24. The zero-order chi connectivity index (χ0) is 34.1. The molecular formula is C36H49F3N2O5. The molecule has 1 aromatic heterocycles. The first-order valence-corrected chi connectivity index (χ1v) is 16.1. The van der Waals surface area contributed by atoms with Crippen LogP contribution in [0, 0.1) is 10.8 Å². The van der Waals surface area contributed by atoms with Gasteiger partial charge >= 0.3 is 12.1 Å². The summed E-state index contributed by atoms with van der Waals surface area (Å²) in [5, 5.41) is 0.771. The van der Waals surface area contributed by atoms with E-state index in [4.69, 9.17) is 30.1 Å². The van der Waals surface area contributed by atoms with E-state index in [1.165, 1.54) is 5.56 Å². The van der Waals surface area contributed by atoms with Gasteiger partial charge in [0, 0.05) is 23.0 Å². The molecule has 0 spiro atoms. The highest BCUT2D eigenvalue weighted by Crippen LogP contribution is 2.53. The molecule has 1 aliphatic carbocycles. The van der Waals surface area contributed by atoms with Gasteiger partial charge in [-0.3, -0.25) is 4.79 Å². The van der Waals surface area contributed by atoms with E-state index in [1.807, 2.05) is 18.2 Å². The highest BCUT2D eigenvalue weighted by Gasteiger charge is 2.66. The van der Waals surface area contributed by atoms with E-state index in [1.54, 1.807) is 53.0 Å². The molecule has 0 saturated heterocycles. The van der Waals surface area contributed by atoms with Crippen LogP contribution in [-0.2, 0) is 16.0 Å². The van der Waals surface area contributed by atoms with Gasteiger partial charge in [-0.05, 0) is 103 Å². The minimum atomic E-state index is -4.72. The van der Waals surface area contributed by atoms with Crippen molar-refractivity contribution >= 4 is 16.9 Å². The Morgan fingerprint density at radius 3 is 2.37 bits per heavy atom. The minimum absolute atomic E-state index is 0.0124. The lowest BCUT2D eigenvalue weighted by molar-refractivity contribution is -0.265. The Morgan fingerprint density at radius 1 is 1.04 bits per heavy atom. The molecule has 46 heavy (non-hydrogen) atoms.